The number of hydrogen-bond acceptors (Lipinski definition) is 0. The monoisotopic (exact) mass is 370 g/mol. The Morgan fingerprint density at radius 2 is 1.11 bits per heavy atom. The molecule has 1 aliphatic carbocycles. The summed E-state index contributed by atoms with van der Waals surface area (Å²) in [5, 5.41) is 0. The second kappa shape index (κ2) is 12.5. The predicted octanol–water partition coefficient (Wildman–Crippen LogP) is 4.98. The molecule has 0 spiro atoms. The molecule has 0 saturated heterocycles. The molecule has 0 N–H and O–H groups in total. The molecule has 1 aromatic rings. The third kappa shape index (κ3) is 12.9. The summed E-state index contributed by atoms with van der Waals surface area (Å²) in [6.45, 7) is 13.4. The summed E-state index contributed by atoms with van der Waals surface area (Å²) >= 11 is 0. The van der Waals surface area contributed by atoms with Gasteiger partial charge in [0.05, 0.1) is 0 Å². The Bertz CT molecular complexity index is 322. The first-order valence-electron chi connectivity index (χ1n) is 5.75. The predicted molar refractivity (Wildman–Crippen MR) is 88.3 cm³/mol. The second-order valence-corrected chi connectivity index (χ2v) is 10.2. The summed E-state index contributed by atoms with van der Waals surface area (Å²) in [4.78, 5) is 0. The van der Waals surface area contributed by atoms with Crippen molar-refractivity contribution in [1.29, 1.82) is 0 Å². The quantitative estimate of drug-likeness (QED) is 0.447. The van der Waals surface area contributed by atoms with Gasteiger partial charge in [-0.1, -0.05) is 36.4 Å². The van der Waals surface area contributed by atoms with E-state index in [1.54, 1.807) is 0 Å². The van der Waals surface area contributed by atoms with E-state index in [0.717, 1.165) is 0 Å². The minimum Gasteiger partial charge on any atom is -0.116 e. The first-order chi connectivity index (χ1) is 7.93. The second-order valence-electron chi connectivity index (χ2n) is 4.84. The molecule has 0 atom stereocenters. The van der Waals surface area contributed by atoms with Crippen LogP contribution in [0, 0.1) is 6.42 Å². The van der Waals surface area contributed by atoms with Crippen molar-refractivity contribution in [1.82, 2.24) is 0 Å². The van der Waals surface area contributed by atoms with Gasteiger partial charge in [0, 0.05) is 25.9 Å². The van der Waals surface area contributed by atoms with E-state index in [-0.39, 0.29) is 19.5 Å². The Labute approximate surface area is 129 Å². The zero-order chi connectivity index (χ0) is 13.3. The van der Waals surface area contributed by atoms with E-state index in [4.69, 9.17) is 0 Å². The van der Waals surface area contributed by atoms with E-state index in [1.807, 2.05) is 0 Å². The average molecular weight is 370 g/mol. The first kappa shape index (κ1) is 20.8. The number of rotatable bonds is 0. The van der Waals surface area contributed by atoms with Crippen molar-refractivity contribution in [3.05, 3.63) is 47.9 Å². The van der Waals surface area contributed by atoms with Crippen LogP contribution >= 0.6 is 15.8 Å². The van der Waals surface area contributed by atoms with Gasteiger partial charge in [-0.2, -0.15) is 0 Å². The Kier molecular flexibility index (Phi) is 14.4. The van der Waals surface area contributed by atoms with Gasteiger partial charge in [-0.05, 0) is 51.1 Å². The summed E-state index contributed by atoms with van der Waals surface area (Å²) in [7, 11) is 0.759. The summed E-state index contributed by atoms with van der Waals surface area (Å²) in [6.07, 6.45) is 6.31. The van der Waals surface area contributed by atoms with Crippen LogP contribution in [0.2, 0.25) is 0 Å². The van der Waals surface area contributed by atoms with Crippen molar-refractivity contribution in [2.24, 2.45) is 0 Å². The van der Waals surface area contributed by atoms with Crippen molar-refractivity contribution < 1.29 is 19.5 Å². The Balaban J connectivity index is 0. The van der Waals surface area contributed by atoms with Crippen molar-refractivity contribution in [3.63, 3.8) is 0 Å². The van der Waals surface area contributed by atoms with E-state index in [2.05, 4.69) is 82.8 Å². The SMILES string of the molecule is CP(C)C.CP(C)C.[CH]1C=Cc2ccccc21.[Rh]. The molecule has 0 nitrogen and oxygen atoms in total. The molecule has 104 valence electrons. The number of benzene rings is 1. The van der Waals surface area contributed by atoms with Crippen LogP contribution in [0.15, 0.2) is 30.3 Å². The summed E-state index contributed by atoms with van der Waals surface area (Å²) < 4.78 is 0. The molecule has 18 heavy (non-hydrogen) atoms. The van der Waals surface area contributed by atoms with Crippen LogP contribution in [-0.4, -0.2) is 40.0 Å². The van der Waals surface area contributed by atoms with E-state index >= 15 is 0 Å². The molecular weight excluding hydrogens is 345 g/mol. The molecule has 0 amide bonds. The third-order valence-electron chi connectivity index (χ3n) is 1.55. The van der Waals surface area contributed by atoms with Gasteiger partial charge in [0.1, 0.15) is 0 Å². The standard InChI is InChI=1S/C9H7.2C3H9P.Rh/c1-2-5-9-7-3-6-8(9)4-1;2*1-4(2)3;/h1-7H;2*1-3H3;. The average Bonchev–Trinajstić information content (AvgIpc) is 2.62. The van der Waals surface area contributed by atoms with Gasteiger partial charge in [0.15, 0.2) is 0 Å². The maximum atomic E-state index is 2.23. The van der Waals surface area contributed by atoms with Crippen LogP contribution < -0.4 is 0 Å². The smallest absolute Gasteiger partial charge is 0.0131 e. The zero-order valence-electron chi connectivity index (χ0n) is 12.3. The van der Waals surface area contributed by atoms with E-state index in [9.17, 15) is 0 Å². The topological polar surface area (TPSA) is 0 Å². The van der Waals surface area contributed by atoms with Gasteiger partial charge in [-0.3, -0.25) is 0 Å². The molecule has 2 radical (unpaired) electrons. The maximum absolute atomic E-state index is 2.23. The molecule has 0 unspecified atom stereocenters. The van der Waals surface area contributed by atoms with Crippen molar-refractivity contribution in [2.75, 3.05) is 40.0 Å². The Hall–Kier alpha value is 0.443. The molecule has 1 aromatic carbocycles. The summed E-state index contributed by atoms with van der Waals surface area (Å²) in [5.74, 6) is 0. The summed E-state index contributed by atoms with van der Waals surface area (Å²) in [6, 6.07) is 8.36. The normalized spacial score (nSPS) is 10.9. The van der Waals surface area contributed by atoms with Gasteiger partial charge in [0.2, 0.25) is 0 Å². The molecular formula is C15H25P2Rh. The number of fused-ring (bicyclic) bond motifs is 1. The molecule has 0 bridgehead atoms. The largest absolute Gasteiger partial charge is 0.116 e. The minimum atomic E-state index is 0. The minimum absolute atomic E-state index is 0. The molecule has 0 aromatic heterocycles. The zero-order valence-corrected chi connectivity index (χ0v) is 15.7. The first-order valence-corrected chi connectivity index (χ1v) is 11.1. The van der Waals surface area contributed by atoms with Crippen LogP contribution in [0.5, 0.6) is 0 Å². The van der Waals surface area contributed by atoms with Gasteiger partial charge < -0.3 is 0 Å². The molecule has 1 aliphatic rings. The Morgan fingerprint density at radius 3 is 1.50 bits per heavy atom. The summed E-state index contributed by atoms with van der Waals surface area (Å²) in [5.41, 5.74) is 2.66. The van der Waals surface area contributed by atoms with Gasteiger partial charge >= 0.3 is 0 Å². The van der Waals surface area contributed by atoms with Crippen molar-refractivity contribution >= 4 is 21.9 Å². The fraction of sp³-hybridized carbons (Fsp3) is 0.400. The molecule has 2 rings (SSSR count). The molecule has 0 heterocycles. The van der Waals surface area contributed by atoms with Crippen LogP contribution in [0.1, 0.15) is 11.1 Å². The van der Waals surface area contributed by atoms with E-state index < -0.39 is 0 Å². The fourth-order valence-corrected chi connectivity index (χ4v) is 1.07. The van der Waals surface area contributed by atoms with E-state index in [0.29, 0.717) is 15.8 Å². The van der Waals surface area contributed by atoms with Gasteiger partial charge in [-0.15, -0.1) is 15.8 Å². The third-order valence-corrected chi connectivity index (χ3v) is 1.55. The fourth-order valence-electron chi connectivity index (χ4n) is 1.07. The Morgan fingerprint density at radius 1 is 0.722 bits per heavy atom. The molecule has 0 saturated carbocycles. The van der Waals surface area contributed by atoms with E-state index in [1.165, 1.54) is 11.1 Å². The van der Waals surface area contributed by atoms with Crippen molar-refractivity contribution in [3.8, 4) is 0 Å². The molecule has 3 heteroatoms. The van der Waals surface area contributed by atoms with Crippen molar-refractivity contribution in [2.45, 2.75) is 0 Å². The van der Waals surface area contributed by atoms with Gasteiger partial charge in [0.25, 0.3) is 0 Å². The van der Waals surface area contributed by atoms with Crippen LogP contribution in [0.4, 0.5) is 0 Å². The number of hydrogen-bond donors (Lipinski definition) is 0. The van der Waals surface area contributed by atoms with Crippen LogP contribution in [0.25, 0.3) is 6.08 Å². The number of allylic oxidation sites excluding steroid dienone is 1. The van der Waals surface area contributed by atoms with Crippen LogP contribution in [0.3, 0.4) is 0 Å². The molecule has 0 fully saturated rings. The molecule has 0 aliphatic heterocycles. The van der Waals surface area contributed by atoms with Crippen LogP contribution in [-0.2, 0) is 19.5 Å². The van der Waals surface area contributed by atoms with Gasteiger partial charge in [-0.25, -0.2) is 0 Å². The maximum Gasteiger partial charge on any atom is 0.0131 e.